The van der Waals surface area contributed by atoms with Gasteiger partial charge in [-0.1, -0.05) is 25.5 Å². The second-order valence-electron chi connectivity index (χ2n) is 5.23. The Labute approximate surface area is 113 Å². The molecule has 1 aliphatic carbocycles. The van der Waals surface area contributed by atoms with E-state index in [2.05, 4.69) is 23.9 Å². The van der Waals surface area contributed by atoms with Gasteiger partial charge in [-0.25, -0.2) is 0 Å². The van der Waals surface area contributed by atoms with Crippen molar-refractivity contribution in [3.05, 3.63) is 29.8 Å². The SMILES string of the molecule is CCCC1CC1NC(C)c1cccc(OC(F)F)c1. The van der Waals surface area contributed by atoms with Gasteiger partial charge in [-0.15, -0.1) is 0 Å². The minimum Gasteiger partial charge on any atom is -0.435 e. The molecule has 3 unspecified atom stereocenters. The maximum atomic E-state index is 12.2. The highest BCUT2D eigenvalue weighted by molar-refractivity contribution is 5.30. The van der Waals surface area contributed by atoms with E-state index in [9.17, 15) is 8.78 Å². The predicted molar refractivity (Wildman–Crippen MR) is 71.4 cm³/mol. The summed E-state index contributed by atoms with van der Waals surface area (Å²) in [6.45, 7) is 1.49. The number of benzene rings is 1. The summed E-state index contributed by atoms with van der Waals surface area (Å²) < 4.78 is 28.8. The van der Waals surface area contributed by atoms with Gasteiger partial charge in [0.25, 0.3) is 0 Å². The van der Waals surface area contributed by atoms with Crippen molar-refractivity contribution in [2.24, 2.45) is 5.92 Å². The Bertz CT molecular complexity index is 411. The van der Waals surface area contributed by atoms with Crippen molar-refractivity contribution in [3.8, 4) is 5.75 Å². The van der Waals surface area contributed by atoms with E-state index in [0.717, 1.165) is 11.5 Å². The molecule has 4 heteroatoms. The fourth-order valence-corrected chi connectivity index (χ4v) is 2.52. The van der Waals surface area contributed by atoms with E-state index in [0.29, 0.717) is 6.04 Å². The zero-order chi connectivity index (χ0) is 13.8. The number of rotatable bonds is 7. The van der Waals surface area contributed by atoms with Gasteiger partial charge in [-0.05, 0) is 43.4 Å². The molecular weight excluding hydrogens is 248 g/mol. The Morgan fingerprint density at radius 1 is 1.42 bits per heavy atom. The standard InChI is InChI=1S/C15H21F2NO/c1-3-5-12-9-14(12)18-10(2)11-6-4-7-13(8-11)19-15(16)17/h4,6-8,10,12,14-15,18H,3,5,9H2,1-2H3. The molecule has 2 rings (SSSR count). The molecule has 106 valence electrons. The molecule has 2 nitrogen and oxygen atoms in total. The number of nitrogens with one attached hydrogen (secondary N) is 1. The highest BCUT2D eigenvalue weighted by atomic mass is 19.3. The molecule has 1 N–H and O–H groups in total. The fourth-order valence-electron chi connectivity index (χ4n) is 2.52. The first-order chi connectivity index (χ1) is 9.10. The zero-order valence-electron chi connectivity index (χ0n) is 11.4. The summed E-state index contributed by atoms with van der Waals surface area (Å²) in [7, 11) is 0. The highest BCUT2D eigenvalue weighted by Gasteiger charge is 2.36. The van der Waals surface area contributed by atoms with E-state index in [1.54, 1.807) is 18.2 Å². The number of hydrogen-bond acceptors (Lipinski definition) is 2. The Kier molecular flexibility index (Phi) is 4.75. The lowest BCUT2D eigenvalue weighted by Gasteiger charge is -2.15. The number of halogens is 2. The normalized spacial score (nSPS) is 23.4. The van der Waals surface area contributed by atoms with Crippen LogP contribution in [0.1, 0.15) is 44.7 Å². The first-order valence-corrected chi connectivity index (χ1v) is 6.91. The molecule has 0 radical (unpaired) electrons. The summed E-state index contributed by atoms with van der Waals surface area (Å²) >= 11 is 0. The molecule has 0 heterocycles. The smallest absolute Gasteiger partial charge is 0.387 e. The third kappa shape index (κ3) is 4.16. The molecular formula is C15H21F2NO. The van der Waals surface area contributed by atoms with Crippen LogP contribution in [-0.2, 0) is 0 Å². The molecule has 1 aromatic rings. The summed E-state index contributed by atoms with van der Waals surface area (Å²) in [5.74, 6) is 1.01. The average molecular weight is 269 g/mol. The maximum absolute atomic E-state index is 12.2. The van der Waals surface area contributed by atoms with Gasteiger partial charge in [-0.3, -0.25) is 0 Å². The predicted octanol–water partition coefficient (Wildman–Crippen LogP) is 4.13. The van der Waals surface area contributed by atoms with Crippen molar-refractivity contribution >= 4 is 0 Å². The van der Waals surface area contributed by atoms with E-state index in [1.165, 1.54) is 19.3 Å². The lowest BCUT2D eigenvalue weighted by molar-refractivity contribution is -0.0499. The van der Waals surface area contributed by atoms with E-state index >= 15 is 0 Å². The Balaban J connectivity index is 1.90. The van der Waals surface area contributed by atoms with Crippen LogP contribution in [-0.4, -0.2) is 12.7 Å². The molecule has 0 aliphatic heterocycles. The van der Waals surface area contributed by atoms with E-state index in [-0.39, 0.29) is 11.8 Å². The lowest BCUT2D eigenvalue weighted by Crippen LogP contribution is -2.22. The van der Waals surface area contributed by atoms with Crippen LogP contribution in [0.25, 0.3) is 0 Å². The van der Waals surface area contributed by atoms with Gasteiger partial charge in [0, 0.05) is 12.1 Å². The van der Waals surface area contributed by atoms with Crippen LogP contribution in [0, 0.1) is 5.92 Å². The summed E-state index contributed by atoms with van der Waals surface area (Å²) in [6.07, 6.45) is 3.71. The minimum atomic E-state index is -2.77. The van der Waals surface area contributed by atoms with Gasteiger partial charge in [0.1, 0.15) is 5.75 Å². The fraction of sp³-hybridized carbons (Fsp3) is 0.600. The van der Waals surface area contributed by atoms with Crippen molar-refractivity contribution in [2.75, 3.05) is 0 Å². The van der Waals surface area contributed by atoms with Gasteiger partial charge >= 0.3 is 6.61 Å². The zero-order valence-corrected chi connectivity index (χ0v) is 11.4. The first kappa shape index (κ1) is 14.3. The van der Waals surface area contributed by atoms with Gasteiger partial charge in [0.2, 0.25) is 0 Å². The molecule has 1 fully saturated rings. The van der Waals surface area contributed by atoms with Crippen LogP contribution in [0.3, 0.4) is 0 Å². The topological polar surface area (TPSA) is 21.3 Å². The number of alkyl halides is 2. The second kappa shape index (κ2) is 6.33. The number of ether oxygens (including phenoxy) is 1. The van der Waals surface area contributed by atoms with E-state index in [4.69, 9.17) is 0 Å². The molecule has 3 atom stereocenters. The maximum Gasteiger partial charge on any atom is 0.387 e. The average Bonchev–Trinajstić information content (AvgIpc) is 3.07. The van der Waals surface area contributed by atoms with E-state index in [1.807, 2.05) is 6.07 Å². The second-order valence-corrected chi connectivity index (χ2v) is 5.23. The van der Waals surface area contributed by atoms with Crippen molar-refractivity contribution in [2.45, 2.75) is 51.8 Å². The third-order valence-corrected chi connectivity index (χ3v) is 3.63. The van der Waals surface area contributed by atoms with Gasteiger partial charge in [0.15, 0.2) is 0 Å². The Morgan fingerprint density at radius 2 is 2.21 bits per heavy atom. The molecule has 1 aromatic carbocycles. The molecule has 0 saturated heterocycles. The summed E-state index contributed by atoms with van der Waals surface area (Å²) in [5.41, 5.74) is 0.986. The lowest BCUT2D eigenvalue weighted by atomic mass is 10.1. The van der Waals surface area contributed by atoms with Crippen LogP contribution in [0.5, 0.6) is 5.75 Å². The first-order valence-electron chi connectivity index (χ1n) is 6.91. The molecule has 0 spiro atoms. The van der Waals surface area contributed by atoms with Gasteiger partial charge in [-0.2, -0.15) is 8.78 Å². The van der Waals surface area contributed by atoms with Crippen LogP contribution in [0.15, 0.2) is 24.3 Å². The molecule has 19 heavy (non-hydrogen) atoms. The highest BCUT2D eigenvalue weighted by Crippen LogP contribution is 2.36. The largest absolute Gasteiger partial charge is 0.435 e. The Morgan fingerprint density at radius 3 is 2.89 bits per heavy atom. The summed E-state index contributed by atoms with van der Waals surface area (Å²) in [6, 6.07) is 7.66. The van der Waals surface area contributed by atoms with Crippen LogP contribution in [0.2, 0.25) is 0 Å². The molecule has 0 amide bonds. The summed E-state index contributed by atoms with van der Waals surface area (Å²) in [4.78, 5) is 0. The minimum absolute atomic E-state index is 0.160. The molecule has 1 aliphatic rings. The van der Waals surface area contributed by atoms with E-state index < -0.39 is 6.61 Å². The summed E-state index contributed by atoms with van der Waals surface area (Å²) in [5, 5.41) is 3.54. The number of hydrogen-bond donors (Lipinski definition) is 1. The van der Waals surface area contributed by atoms with Crippen molar-refractivity contribution < 1.29 is 13.5 Å². The monoisotopic (exact) mass is 269 g/mol. The van der Waals surface area contributed by atoms with Gasteiger partial charge < -0.3 is 10.1 Å². The van der Waals surface area contributed by atoms with Crippen molar-refractivity contribution in [1.82, 2.24) is 5.32 Å². The van der Waals surface area contributed by atoms with Crippen LogP contribution < -0.4 is 10.1 Å². The quantitative estimate of drug-likeness (QED) is 0.803. The molecule has 0 bridgehead atoms. The van der Waals surface area contributed by atoms with Crippen LogP contribution >= 0.6 is 0 Å². The molecule has 0 aromatic heterocycles. The van der Waals surface area contributed by atoms with Crippen LogP contribution in [0.4, 0.5) is 8.78 Å². The van der Waals surface area contributed by atoms with Crippen molar-refractivity contribution in [3.63, 3.8) is 0 Å². The Hall–Kier alpha value is -1.16. The van der Waals surface area contributed by atoms with Crippen molar-refractivity contribution in [1.29, 1.82) is 0 Å². The van der Waals surface area contributed by atoms with Gasteiger partial charge in [0.05, 0.1) is 0 Å². The molecule has 1 saturated carbocycles. The third-order valence-electron chi connectivity index (χ3n) is 3.63.